The Morgan fingerprint density at radius 1 is 1.33 bits per heavy atom. The van der Waals surface area contributed by atoms with E-state index in [2.05, 4.69) is 25.9 Å². The van der Waals surface area contributed by atoms with Crippen LogP contribution in [0.4, 0.5) is 5.82 Å². The van der Waals surface area contributed by atoms with Crippen molar-refractivity contribution >= 4 is 5.82 Å². The second kappa shape index (κ2) is 4.70. The lowest BCUT2D eigenvalue weighted by Gasteiger charge is -2.28. The molecule has 1 aliphatic heterocycles. The van der Waals surface area contributed by atoms with Gasteiger partial charge in [-0.15, -0.1) is 0 Å². The van der Waals surface area contributed by atoms with Crippen LogP contribution in [-0.4, -0.2) is 26.4 Å². The molecule has 18 heavy (non-hydrogen) atoms. The van der Waals surface area contributed by atoms with Crippen molar-refractivity contribution in [2.75, 3.05) is 12.3 Å². The lowest BCUT2D eigenvalue weighted by atomic mass is 10.1. The van der Waals surface area contributed by atoms with E-state index >= 15 is 0 Å². The van der Waals surface area contributed by atoms with Crippen molar-refractivity contribution in [3.63, 3.8) is 0 Å². The summed E-state index contributed by atoms with van der Waals surface area (Å²) >= 11 is 0. The molecule has 1 aliphatic rings. The summed E-state index contributed by atoms with van der Waals surface area (Å²) in [5.41, 5.74) is 9.25. The smallest absolute Gasteiger partial charge is 0.130 e. The summed E-state index contributed by atoms with van der Waals surface area (Å²) in [7, 11) is 0. The Morgan fingerprint density at radius 2 is 2.28 bits per heavy atom. The van der Waals surface area contributed by atoms with Crippen LogP contribution in [0.3, 0.4) is 0 Å². The fourth-order valence-electron chi connectivity index (χ4n) is 2.32. The molecule has 0 spiro atoms. The van der Waals surface area contributed by atoms with Gasteiger partial charge in [0, 0.05) is 37.6 Å². The first kappa shape index (κ1) is 11.1. The van der Waals surface area contributed by atoms with Crippen molar-refractivity contribution in [2.45, 2.75) is 19.5 Å². The van der Waals surface area contributed by atoms with E-state index in [1.165, 1.54) is 5.56 Å². The molecule has 2 aromatic rings. The summed E-state index contributed by atoms with van der Waals surface area (Å²) in [5.74, 6) is 0.626. The maximum Gasteiger partial charge on any atom is 0.130 e. The van der Waals surface area contributed by atoms with Crippen LogP contribution in [0.5, 0.6) is 0 Å². The van der Waals surface area contributed by atoms with E-state index in [-0.39, 0.29) is 0 Å². The van der Waals surface area contributed by atoms with Gasteiger partial charge in [0.25, 0.3) is 0 Å². The van der Waals surface area contributed by atoms with Crippen LogP contribution in [0.25, 0.3) is 0 Å². The number of nitrogens with two attached hydrogens (primary N) is 1. The maximum absolute atomic E-state index is 5.86. The highest BCUT2D eigenvalue weighted by molar-refractivity contribution is 5.42. The summed E-state index contributed by atoms with van der Waals surface area (Å²) in [6, 6.07) is 4.06. The third kappa shape index (κ3) is 2.17. The fourth-order valence-corrected chi connectivity index (χ4v) is 2.32. The molecular formula is C13H15N5. The van der Waals surface area contributed by atoms with Gasteiger partial charge in [0.05, 0.1) is 5.69 Å². The molecule has 0 unspecified atom stereocenters. The predicted octanol–water partition coefficient (Wildman–Crippen LogP) is 1.01. The fraction of sp³-hybridized carbons (Fsp3) is 0.308. The Morgan fingerprint density at radius 3 is 3.11 bits per heavy atom. The summed E-state index contributed by atoms with van der Waals surface area (Å²) < 4.78 is 0. The molecule has 0 amide bonds. The van der Waals surface area contributed by atoms with Gasteiger partial charge < -0.3 is 5.73 Å². The van der Waals surface area contributed by atoms with Crippen molar-refractivity contribution in [3.05, 3.63) is 47.7 Å². The van der Waals surface area contributed by atoms with Crippen LogP contribution >= 0.6 is 0 Å². The van der Waals surface area contributed by atoms with Gasteiger partial charge in [-0.3, -0.25) is 9.88 Å². The molecule has 5 heteroatoms. The van der Waals surface area contributed by atoms with Gasteiger partial charge in [0.15, 0.2) is 0 Å². The Kier molecular flexibility index (Phi) is 2.90. The van der Waals surface area contributed by atoms with Gasteiger partial charge in [0.1, 0.15) is 12.1 Å². The number of pyridine rings is 1. The molecule has 0 saturated carbocycles. The number of fused-ring (bicyclic) bond motifs is 1. The van der Waals surface area contributed by atoms with Crippen LogP contribution < -0.4 is 5.73 Å². The Balaban J connectivity index is 1.76. The molecule has 3 heterocycles. The highest BCUT2D eigenvalue weighted by atomic mass is 15.1. The number of hydrogen-bond donors (Lipinski definition) is 1. The Labute approximate surface area is 106 Å². The predicted molar refractivity (Wildman–Crippen MR) is 68.5 cm³/mol. The second-order valence-electron chi connectivity index (χ2n) is 4.51. The van der Waals surface area contributed by atoms with Gasteiger partial charge in [-0.2, -0.15) is 0 Å². The van der Waals surface area contributed by atoms with E-state index in [1.54, 1.807) is 12.5 Å². The number of hydrogen-bond acceptors (Lipinski definition) is 5. The third-order valence-corrected chi connectivity index (χ3v) is 3.25. The van der Waals surface area contributed by atoms with E-state index in [4.69, 9.17) is 5.73 Å². The number of rotatable bonds is 2. The first-order valence-electron chi connectivity index (χ1n) is 6.02. The zero-order valence-electron chi connectivity index (χ0n) is 10.1. The molecule has 0 saturated heterocycles. The van der Waals surface area contributed by atoms with Crippen LogP contribution in [0.1, 0.15) is 16.8 Å². The van der Waals surface area contributed by atoms with Crippen molar-refractivity contribution in [1.29, 1.82) is 0 Å². The molecule has 2 aromatic heterocycles. The normalized spacial score (nSPS) is 15.3. The molecule has 2 N–H and O–H groups in total. The van der Waals surface area contributed by atoms with Crippen molar-refractivity contribution in [2.24, 2.45) is 0 Å². The van der Waals surface area contributed by atoms with E-state index in [0.29, 0.717) is 5.82 Å². The zero-order valence-corrected chi connectivity index (χ0v) is 10.1. The minimum absolute atomic E-state index is 0.626. The lowest BCUT2D eigenvalue weighted by molar-refractivity contribution is 0.241. The van der Waals surface area contributed by atoms with Crippen molar-refractivity contribution in [3.8, 4) is 0 Å². The molecule has 0 aromatic carbocycles. The number of nitrogen functional groups attached to an aromatic ring is 1. The quantitative estimate of drug-likeness (QED) is 0.850. The number of aromatic nitrogens is 3. The zero-order chi connectivity index (χ0) is 12.4. The highest BCUT2D eigenvalue weighted by Gasteiger charge is 2.19. The van der Waals surface area contributed by atoms with Gasteiger partial charge >= 0.3 is 0 Å². The average molecular weight is 241 g/mol. The molecule has 0 aliphatic carbocycles. The number of nitrogens with zero attached hydrogens (tertiary/aromatic N) is 4. The number of anilines is 1. The molecule has 5 nitrogen and oxygen atoms in total. The molecular weight excluding hydrogens is 226 g/mol. The SMILES string of the molecule is Nc1ncnc2c1CCN(Cc1cccnc1)C2. The van der Waals surface area contributed by atoms with Gasteiger partial charge in [-0.05, 0) is 18.1 Å². The van der Waals surface area contributed by atoms with E-state index in [1.807, 2.05) is 12.3 Å². The molecule has 3 rings (SSSR count). The average Bonchev–Trinajstić information content (AvgIpc) is 2.40. The summed E-state index contributed by atoms with van der Waals surface area (Å²) in [4.78, 5) is 14.9. The molecule has 92 valence electrons. The van der Waals surface area contributed by atoms with Gasteiger partial charge in [-0.25, -0.2) is 9.97 Å². The standard InChI is InChI=1S/C13H15N5/c14-13-11-3-5-18(8-12(11)16-9-17-13)7-10-2-1-4-15-6-10/h1-2,4,6,9H,3,5,7-8H2,(H2,14,16,17). The molecule has 0 radical (unpaired) electrons. The second-order valence-corrected chi connectivity index (χ2v) is 4.51. The molecule has 0 bridgehead atoms. The highest BCUT2D eigenvalue weighted by Crippen LogP contribution is 2.21. The minimum Gasteiger partial charge on any atom is -0.383 e. The lowest BCUT2D eigenvalue weighted by Crippen LogP contribution is -2.31. The van der Waals surface area contributed by atoms with E-state index < -0.39 is 0 Å². The Bertz CT molecular complexity index is 540. The van der Waals surface area contributed by atoms with Crippen molar-refractivity contribution < 1.29 is 0 Å². The Hall–Kier alpha value is -2.01. The first-order valence-corrected chi connectivity index (χ1v) is 6.02. The molecule has 0 atom stereocenters. The van der Waals surface area contributed by atoms with Crippen molar-refractivity contribution in [1.82, 2.24) is 19.9 Å². The topological polar surface area (TPSA) is 67.9 Å². The van der Waals surface area contributed by atoms with E-state index in [9.17, 15) is 0 Å². The summed E-state index contributed by atoms with van der Waals surface area (Å²) in [6.45, 7) is 2.72. The molecule has 0 fully saturated rings. The van der Waals surface area contributed by atoms with Crippen LogP contribution in [0, 0.1) is 0 Å². The van der Waals surface area contributed by atoms with Gasteiger partial charge in [0.2, 0.25) is 0 Å². The van der Waals surface area contributed by atoms with Crippen LogP contribution in [-0.2, 0) is 19.5 Å². The maximum atomic E-state index is 5.86. The monoisotopic (exact) mass is 241 g/mol. The van der Waals surface area contributed by atoms with E-state index in [0.717, 1.165) is 37.3 Å². The first-order chi connectivity index (χ1) is 8.83. The van der Waals surface area contributed by atoms with Crippen LogP contribution in [0.15, 0.2) is 30.9 Å². The van der Waals surface area contributed by atoms with Crippen LogP contribution in [0.2, 0.25) is 0 Å². The summed E-state index contributed by atoms with van der Waals surface area (Å²) in [5, 5.41) is 0. The third-order valence-electron chi connectivity index (χ3n) is 3.25. The largest absolute Gasteiger partial charge is 0.383 e. The van der Waals surface area contributed by atoms with Gasteiger partial charge in [-0.1, -0.05) is 6.07 Å². The summed E-state index contributed by atoms with van der Waals surface area (Å²) in [6.07, 6.45) is 6.16. The minimum atomic E-state index is 0.626.